The lowest BCUT2D eigenvalue weighted by atomic mass is 9.90. The zero-order chi connectivity index (χ0) is 10.3. The number of aromatic amines is 1. The van der Waals surface area contributed by atoms with Crippen LogP contribution in [0, 0.1) is 0 Å². The van der Waals surface area contributed by atoms with E-state index in [1.54, 1.807) is 12.3 Å². The summed E-state index contributed by atoms with van der Waals surface area (Å²) >= 11 is 0. The molecule has 1 aromatic heterocycles. The number of H-pyrrole nitrogens is 1. The van der Waals surface area contributed by atoms with Gasteiger partial charge < -0.3 is 4.98 Å². The summed E-state index contributed by atoms with van der Waals surface area (Å²) in [7, 11) is 0. The Morgan fingerprint density at radius 2 is 1.93 bits per heavy atom. The second kappa shape index (κ2) is 3.23. The number of aromatic nitrogens is 1. The SMILES string of the molecule is O=c1cc[nH]c2c3c(ccc12)CCCC3. The predicted molar refractivity (Wildman–Crippen MR) is 61.2 cm³/mol. The number of hydrogen-bond donors (Lipinski definition) is 1. The van der Waals surface area contributed by atoms with Crippen molar-refractivity contribution in [3.63, 3.8) is 0 Å². The highest BCUT2D eigenvalue weighted by molar-refractivity contribution is 5.82. The number of benzene rings is 1. The van der Waals surface area contributed by atoms with Gasteiger partial charge in [0.1, 0.15) is 0 Å². The molecule has 0 spiro atoms. The molecule has 3 rings (SSSR count). The maximum Gasteiger partial charge on any atom is 0.189 e. The van der Waals surface area contributed by atoms with Gasteiger partial charge >= 0.3 is 0 Å². The van der Waals surface area contributed by atoms with Gasteiger partial charge in [0.15, 0.2) is 5.43 Å². The summed E-state index contributed by atoms with van der Waals surface area (Å²) in [6.07, 6.45) is 6.52. The van der Waals surface area contributed by atoms with E-state index in [1.807, 2.05) is 6.07 Å². The van der Waals surface area contributed by atoms with Crippen molar-refractivity contribution in [2.24, 2.45) is 0 Å². The van der Waals surface area contributed by atoms with Gasteiger partial charge in [-0.25, -0.2) is 0 Å². The maximum absolute atomic E-state index is 11.6. The van der Waals surface area contributed by atoms with Gasteiger partial charge in [0.25, 0.3) is 0 Å². The molecular weight excluding hydrogens is 186 g/mol. The van der Waals surface area contributed by atoms with Gasteiger partial charge in [0.2, 0.25) is 0 Å². The van der Waals surface area contributed by atoms with Crippen molar-refractivity contribution >= 4 is 10.9 Å². The molecule has 1 heterocycles. The topological polar surface area (TPSA) is 32.9 Å². The molecular formula is C13H13NO. The molecule has 0 radical (unpaired) electrons. The van der Waals surface area contributed by atoms with E-state index in [4.69, 9.17) is 0 Å². The first kappa shape index (κ1) is 8.72. The van der Waals surface area contributed by atoms with Crippen LogP contribution >= 0.6 is 0 Å². The van der Waals surface area contributed by atoms with Crippen molar-refractivity contribution in [2.45, 2.75) is 25.7 Å². The molecule has 1 aliphatic carbocycles. The molecule has 0 bridgehead atoms. The van der Waals surface area contributed by atoms with Crippen LogP contribution in [0.15, 0.2) is 29.2 Å². The van der Waals surface area contributed by atoms with Crippen LogP contribution in [0.5, 0.6) is 0 Å². The lowest BCUT2D eigenvalue weighted by Gasteiger charge is -2.17. The van der Waals surface area contributed by atoms with Crippen LogP contribution in [-0.2, 0) is 12.8 Å². The molecule has 1 aromatic carbocycles. The van der Waals surface area contributed by atoms with Crippen LogP contribution < -0.4 is 5.43 Å². The lowest BCUT2D eigenvalue weighted by Crippen LogP contribution is -2.08. The van der Waals surface area contributed by atoms with Crippen molar-refractivity contribution in [1.29, 1.82) is 0 Å². The average molecular weight is 199 g/mol. The maximum atomic E-state index is 11.6. The van der Waals surface area contributed by atoms with E-state index in [0.29, 0.717) is 0 Å². The van der Waals surface area contributed by atoms with E-state index in [0.717, 1.165) is 23.7 Å². The summed E-state index contributed by atoms with van der Waals surface area (Å²) in [4.78, 5) is 14.9. The Hall–Kier alpha value is -1.57. The Labute approximate surface area is 87.9 Å². The molecule has 2 aromatic rings. The molecule has 0 unspecified atom stereocenters. The molecule has 76 valence electrons. The number of hydrogen-bond acceptors (Lipinski definition) is 1. The fourth-order valence-electron chi connectivity index (χ4n) is 2.49. The summed E-state index contributed by atoms with van der Waals surface area (Å²) < 4.78 is 0. The van der Waals surface area contributed by atoms with Gasteiger partial charge in [0.05, 0.1) is 5.52 Å². The van der Waals surface area contributed by atoms with Crippen LogP contribution in [0.25, 0.3) is 10.9 Å². The largest absolute Gasteiger partial charge is 0.361 e. The molecule has 0 fully saturated rings. The molecule has 0 amide bonds. The quantitative estimate of drug-likeness (QED) is 0.694. The number of pyridine rings is 1. The third-order valence-electron chi connectivity index (χ3n) is 3.26. The zero-order valence-electron chi connectivity index (χ0n) is 8.55. The van der Waals surface area contributed by atoms with Gasteiger partial charge in [0, 0.05) is 17.6 Å². The molecule has 0 saturated carbocycles. The first-order chi connectivity index (χ1) is 7.36. The molecule has 0 saturated heterocycles. The highest BCUT2D eigenvalue weighted by Gasteiger charge is 2.13. The van der Waals surface area contributed by atoms with Crippen molar-refractivity contribution < 1.29 is 0 Å². The molecule has 2 nitrogen and oxygen atoms in total. The summed E-state index contributed by atoms with van der Waals surface area (Å²) in [5.41, 5.74) is 3.95. The van der Waals surface area contributed by atoms with E-state index in [2.05, 4.69) is 11.1 Å². The highest BCUT2D eigenvalue weighted by Crippen LogP contribution is 2.26. The molecule has 0 atom stereocenters. The van der Waals surface area contributed by atoms with E-state index in [-0.39, 0.29) is 5.43 Å². The standard InChI is InChI=1S/C13H13NO/c15-12-7-8-14-13-10-4-2-1-3-9(10)5-6-11(12)13/h5-8H,1-4H2,(H,14,15). The van der Waals surface area contributed by atoms with Crippen LogP contribution in [0.1, 0.15) is 24.0 Å². The summed E-state index contributed by atoms with van der Waals surface area (Å²) in [5, 5.41) is 0.832. The van der Waals surface area contributed by atoms with Gasteiger partial charge in [-0.3, -0.25) is 4.79 Å². The monoisotopic (exact) mass is 199 g/mol. The minimum absolute atomic E-state index is 0.122. The van der Waals surface area contributed by atoms with Crippen molar-refractivity contribution in [2.75, 3.05) is 0 Å². The van der Waals surface area contributed by atoms with Crippen LogP contribution in [-0.4, -0.2) is 4.98 Å². The van der Waals surface area contributed by atoms with Crippen LogP contribution in [0.3, 0.4) is 0 Å². The van der Waals surface area contributed by atoms with Gasteiger partial charge in [-0.1, -0.05) is 6.07 Å². The van der Waals surface area contributed by atoms with Crippen molar-refractivity contribution in [3.8, 4) is 0 Å². The van der Waals surface area contributed by atoms with E-state index < -0.39 is 0 Å². The molecule has 2 heteroatoms. The molecule has 15 heavy (non-hydrogen) atoms. The fraction of sp³-hybridized carbons (Fsp3) is 0.308. The zero-order valence-corrected chi connectivity index (χ0v) is 8.55. The smallest absolute Gasteiger partial charge is 0.189 e. The summed E-state index contributed by atoms with van der Waals surface area (Å²) in [6.45, 7) is 0. The summed E-state index contributed by atoms with van der Waals surface area (Å²) in [6, 6.07) is 5.67. The van der Waals surface area contributed by atoms with Gasteiger partial charge in [-0.15, -0.1) is 0 Å². The molecule has 0 aliphatic heterocycles. The highest BCUT2D eigenvalue weighted by atomic mass is 16.1. The number of nitrogens with one attached hydrogen (secondary N) is 1. The molecule has 1 N–H and O–H groups in total. The minimum atomic E-state index is 0.122. The van der Waals surface area contributed by atoms with Crippen molar-refractivity contribution in [3.05, 3.63) is 45.7 Å². The lowest BCUT2D eigenvalue weighted by molar-refractivity contribution is 0.689. The van der Waals surface area contributed by atoms with Gasteiger partial charge in [-0.2, -0.15) is 0 Å². The normalized spacial score (nSPS) is 15.2. The number of aryl methyl sites for hydroxylation is 2. The van der Waals surface area contributed by atoms with E-state index in [9.17, 15) is 4.79 Å². The number of rotatable bonds is 0. The number of fused-ring (bicyclic) bond motifs is 3. The fourth-order valence-corrected chi connectivity index (χ4v) is 2.49. The second-order valence-electron chi connectivity index (χ2n) is 4.17. The Morgan fingerprint density at radius 1 is 1.07 bits per heavy atom. The van der Waals surface area contributed by atoms with Crippen LogP contribution in [0.4, 0.5) is 0 Å². The predicted octanol–water partition coefficient (Wildman–Crippen LogP) is 2.41. The van der Waals surface area contributed by atoms with Crippen molar-refractivity contribution in [1.82, 2.24) is 4.98 Å². The Morgan fingerprint density at radius 3 is 2.87 bits per heavy atom. The van der Waals surface area contributed by atoms with Gasteiger partial charge in [-0.05, 0) is 42.9 Å². The average Bonchev–Trinajstić information content (AvgIpc) is 2.29. The first-order valence-corrected chi connectivity index (χ1v) is 5.48. The first-order valence-electron chi connectivity index (χ1n) is 5.48. The molecule has 1 aliphatic rings. The summed E-state index contributed by atoms with van der Waals surface area (Å²) in [5.74, 6) is 0. The van der Waals surface area contributed by atoms with Crippen LogP contribution in [0.2, 0.25) is 0 Å². The Balaban J connectivity index is 2.42. The minimum Gasteiger partial charge on any atom is -0.361 e. The van der Waals surface area contributed by atoms with E-state index in [1.165, 1.54) is 24.0 Å². The Bertz CT molecular complexity index is 568. The third kappa shape index (κ3) is 1.29. The Kier molecular flexibility index (Phi) is 1.88. The second-order valence-corrected chi connectivity index (χ2v) is 4.17. The van der Waals surface area contributed by atoms with E-state index >= 15 is 0 Å². The third-order valence-corrected chi connectivity index (χ3v) is 3.26.